The molecule has 96 valence electrons. The summed E-state index contributed by atoms with van der Waals surface area (Å²) in [6.45, 7) is 7.33. The van der Waals surface area contributed by atoms with E-state index in [1.54, 1.807) is 6.92 Å². The molecule has 0 amide bonds. The van der Waals surface area contributed by atoms with Crippen LogP contribution in [0.2, 0.25) is 0 Å². The molecule has 1 aliphatic rings. The average molecular weight is 238 g/mol. The van der Waals surface area contributed by atoms with E-state index in [2.05, 4.69) is 13.8 Å². The summed E-state index contributed by atoms with van der Waals surface area (Å²) in [6.07, 6.45) is 2.36. The highest BCUT2D eigenvalue weighted by atomic mass is 16.5. The molecule has 0 aromatic carbocycles. The number of ether oxygens (including phenoxy) is 1. The van der Waals surface area contributed by atoms with Gasteiger partial charge in [0.2, 0.25) is 0 Å². The van der Waals surface area contributed by atoms with Gasteiger partial charge in [0.15, 0.2) is 11.6 Å². The molecule has 1 rings (SSSR count). The summed E-state index contributed by atoms with van der Waals surface area (Å²) in [4.78, 5) is 23.1. The lowest BCUT2D eigenvalue weighted by Gasteiger charge is -2.15. The van der Waals surface area contributed by atoms with Gasteiger partial charge in [-0.25, -0.2) is 0 Å². The summed E-state index contributed by atoms with van der Waals surface area (Å²) in [7, 11) is 0. The first-order valence-electron chi connectivity index (χ1n) is 6.36. The van der Waals surface area contributed by atoms with Gasteiger partial charge in [0.1, 0.15) is 0 Å². The summed E-state index contributed by atoms with van der Waals surface area (Å²) in [5, 5.41) is 0. The van der Waals surface area contributed by atoms with Crippen LogP contribution in [0.3, 0.4) is 0 Å². The second-order valence-electron chi connectivity index (χ2n) is 4.99. The van der Waals surface area contributed by atoms with Gasteiger partial charge in [-0.15, -0.1) is 0 Å². The molecule has 0 aromatic rings. The normalized spacial score (nSPS) is 17.2. The lowest BCUT2D eigenvalue weighted by atomic mass is 9.89. The Kier molecular flexibility index (Phi) is 5.56. The van der Waals surface area contributed by atoms with Crippen LogP contribution in [-0.2, 0) is 14.3 Å². The van der Waals surface area contributed by atoms with E-state index in [1.807, 2.05) is 0 Å². The Labute approximate surface area is 103 Å². The molecule has 0 heterocycles. The van der Waals surface area contributed by atoms with Crippen LogP contribution in [0.1, 0.15) is 46.5 Å². The lowest BCUT2D eigenvalue weighted by Crippen LogP contribution is -2.19. The van der Waals surface area contributed by atoms with Gasteiger partial charge < -0.3 is 4.74 Å². The predicted octanol–water partition coefficient (Wildman–Crippen LogP) is 2.69. The molecule has 0 bridgehead atoms. The summed E-state index contributed by atoms with van der Waals surface area (Å²) in [5.74, 6) is 0.866. The number of rotatable bonds is 6. The van der Waals surface area contributed by atoms with E-state index < -0.39 is 0 Å². The van der Waals surface area contributed by atoms with Gasteiger partial charge in [-0.2, -0.15) is 0 Å². The molecule has 0 saturated heterocycles. The van der Waals surface area contributed by atoms with Crippen molar-refractivity contribution in [1.29, 1.82) is 0 Å². The standard InChI is InChI=1S/C14H22O3/c1-10(2)6-8-17-9-7-12-11(3)13(15)4-5-14(12)16/h10H,4-9H2,1-3H3. The lowest BCUT2D eigenvalue weighted by molar-refractivity contribution is -0.122. The highest BCUT2D eigenvalue weighted by Crippen LogP contribution is 2.21. The van der Waals surface area contributed by atoms with Crippen molar-refractivity contribution in [2.75, 3.05) is 13.2 Å². The Morgan fingerprint density at radius 3 is 2.41 bits per heavy atom. The summed E-state index contributed by atoms with van der Waals surface area (Å²) in [6, 6.07) is 0. The third-order valence-corrected chi connectivity index (χ3v) is 3.12. The molecule has 0 fully saturated rings. The average Bonchev–Trinajstić information content (AvgIpc) is 2.27. The Morgan fingerprint density at radius 1 is 1.12 bits per heavy atom. The highest BCUT2D eigenvalue weighted by Gasteiger charge is 2.23. The number of carbonyl (C=O) groups is 2. The molecule has 3 heteroatoms. The van der Waals surface area contributed by atoms with Crippen LogP contribution in [0, 0.1) is 5.92 Å². The monoisotopic (exact) mass is 238 g/mol. The second kappa shape index (κ2) is 6.70. The van der Waals surface area contributed by atoms with Gasteiger partial charge in [-0.1, -0.05) is 13.8 Å². The first-order valence-corrected chi connectivity index (χ1v) is 6.36. The van der Waals surface area contributed by atoms with Crippen LogP contribution < -0.4 is 0 Å². The number of ketones is 2. The van der Waals surface area contributed by atoms with Crippen LogP contribution in [0.25, 0.3) is 0 Å². The zero-order chi connectivity index (χ0) is 12.8. The molecule has 17 heavy (non-hydrogen) atoms. The number of carbonyl (C=O) groups excluding carboxylic acids is 2. The van der Waals surface area contributed by atoms with E-state index in [0.29, 0.717) is 42.9 Å². The van der Waals surface area contributed by atoms with E-state index in [9.17, 15) is 9.59 Å². The quantitative estimate of drug-likeness (QED) is 0.668. The molecule has 0 N–H and O–H groups in total. The summed E-state index contributed by atoms with van der Waals surface area (Å²) < 4.78 is 5.48. The molecule has 0 unspecified atom stereocenters. The number of hydrogen-bond acceptors (Lipinski definition) is 3. The van der Waals surface area contributed by atoms with Crippen molar-refractivity contribution in [3.05, 3.63) is 11.1 Å². The molecule has 0 aliphatic heterocycles. The fourth-order valence-corrected chi connectivity index (χ4v) is 1.87. The molecule has 0 spiro atoms. The second-order valence-corrected chi connectivity index (χ2v) is 4.99. The van der Waals surface area contributed by atoms with E-state index in [4.69, 9.17) is 4.74 Å². The molecular formula is C14H22O3. The fraction of sp³-hybridized carbons (Fsp3) is 0.714. The minimum absolute atomic E-state index is 0.113. The van der Waals surface area contributed by atoms with Gasteiger partial charge in [-0.05, 0) is 31.3 Å². The Morgan fingerprint density at radius 2 is 1.76 bits per heavy atom. The molecule has 0 atom stereocenters. The molecule has 3 nitrogen and oxygen atoms in total. The first-order chi connectivity index (χ1) is 8.02. The van der Waals surface area contributed by atoms with Crippen LogP contribution >= 0.6 is 0 Å². The van der Waals surface area contributed by atoms with Crippen LogP contribution in [-0.4, -0.2) is 24.8 Å². The Hall–Kier alpha value is -0.960. The molecule has 0 saturated carbocycles. The smallest absolute Gasteiger partial charge is 0.159 e. The van der Waals surface area contributed by atoms with E-state index in [-0.39, 0.29) is 11.6 Å². The fourth-order valence-electron chi connectivity index (χ4n) is 1.87. The maximum atomic E-state index is 11.7. The van der Waals surface area contributed by atoms with Crippen molar-refractivity contribution in [3.63, 3.8) is 0 Å². The van der Waals surface area contributed by atoms with Crippen molar-refractivity contribution >= 4 is 11.6 Å². The summed E-state index contributed by atoms with van der Waals surface area (Å²) >= 11 is 0. The van der Waals surface area contributed by atoms with Crippen molar-refractivity contribution in [2.24, 2.45) is 5.92 Å². The zero-order valence-corrected chi connectivity index (χ0v) is 11.0. The SMILES string of the molecule is CC1=C(CCOCCC(C)C)C(=O)CCC1=O. The van der Waals surface area contributed by atoms with Gasteiger partial charge in [0.25, 0.3) is 0 Å². The van der Waals surface area contributed by atoms with Crippen LogP contribution in [0.4, 0.5) is 0 Å². The maximum Gasteiger partial charge on any atom is 0.159 e. The van der Waals surface area contributed by atoms with E-state index in [0.717, 1.165) is 13.0 Å². The van der Waals surface area contributed by atoms with E-state index in [1.165, 1.54) is 0 Å². The van der Waals surface area contributed by atoms with Gasteiger partial charge in [0.05, 0.1) is 6.61 Å². The zero-order valence-electron chi connectivity index (χ0n) is 11.0. The number of hydrogen-bond donors (Lipinski definition) is 0. The van der Waals surface area contributed by atoms with Crippen molar-refractivity contribution in [1.82, 2.24) is 0 Å². The number of Topliss-reactive ketones (excluding diaryl/α,β-unsaturated/α-hetero) is 2. The third-order valence-electron chi connectivity index (χ3n) is 3.12. The molecule has 0 aromatic heterocycles. The van der Waals surface area contributed by atoms with Crippen LogP contribution in [0.15, 0.2) is 11.1 Å². The van der Waals surface area contributed by atoms with Gasteiger partial charge >= 0.3 is 0 Å². The largest absolute Gasteiger partial charge is 0.381 e. The molecular weight excluding hydrogens is 216 g/mol. The maximum absolute atomic E-state index is 11.7. The van der Waals surface area contributed by atoms with E-state index >= 15 is 0 Å². The number of allylic oxidation sites excluding steroid dienone is 1. The third kappa shape index (κ3) is 4.43. The van der Waals surface area contributed by atoms with Gasteiger partial charge in [0, 0.05) is 25.0 Å². The van der Waals surface area contributed by atoms with Crippen LogP contribution in [0.5, 0.6) is 0 Å². The Balaban J connectivity index is 2.37. The molecule has 0 radical (unpaired) electrons. The topological polar surface area (TPSA) is 43.4 Å². The van der Waals surface area contributed by atoms with Crippen molar-refractivity contribution in [3.8, 4) is 0 Å². The van der Waals surface area contributed by atoms with Crippen molar-refractivity contribution < 1.29 is 14.3 Å². The first kappa shape index (κ1) is 14.1. The minimum Gasteiger partial charge on any atom is -0.381 e. The highest BCUT2D eigenvalue weighted by molar-refractivity contribution is 6.11. The molecule has 1 aliphatic carbocycles. The predicted molar refractivity (Wildman–Crippen MR) is 66.8 cm³/mol. The Bertz CT molecular complexity index is 326. The van der Waals surface area contributed by atoms with Gasteiger partial charge in [-0.3, -0.25) is 9.59 Å². The minimum atomic E-state index is 0.113. The van der Waals surface area contributed by atoms with Crippen molar-refractivity contribution in [2.45, 2.75) is 46.5 Å². The summed E-state index contributed by atoms with van der Waals surface area (Å²) in [5.41, 5.74) is 1.33.